The molecule has 1 aromatic rings. The lowest BCUT2D eigenvalue weighted by Crippen LogP contribution is -2.66. The highest BCUT2D eigenvalue weighted by Gasteiger charge is 2.65. The molecule has 1 saturated heterocycles. The van der Waals surface area contributed by atoms with E-state index in [1.165, 1.54) is 11.1 Å². The summed E-state index contributed by atoms with van der Waals surface area (Å²) in [6.07, 6.45) is 3.69. The minimum absolute atomic E-state index is 0.00625. The van der Waals surface area contributed by atoms with E-state index in [-0.39, 0.29) is 17.6 Å². The minimum Gasteiger partial charge on any atom is -0.493 e. The smallest absolute Gasteiger partial charge is 0.165 e. The van der Waals surface area contributed by atoms with Crippen LogP contribution in [0.4, 0.5) is 0 Å². The summed E-state index contributed by atoms with van der Waals surface area (Å²) in [5.74, 6) is 2.34. The third kappa shape index (κ3) is 1.32. The summed E-state index contributed by atoms with van der Waals surface area (Å²) in [5.41, 5.74) is 2.77. The van der Waals surface area contributed by atoms with Gasteiger partial charge < -0.3 is 19.5 Å². The normalized spacial score (nSPS) is 41.8. The SMILES string of the molecule is COc1ccc2c3c1O[C@H]1[C@H](O)CC[C@@H]4[C@@H](C2)N(C)CC[C@@]341. The zero-order chi connectivity index (χ0) is 15.1. The summed E-state index contributed by atoms with van der Waals surface area (Å²) >= 11 is 0. The van der Waals surface area contributed by atoms with Gasteiger partial charge in [0.25, 0.3) is 0 Å². The van der Waals surface area contributed by atoms with Crippen molar-refractivity contribution >= 4 is 0 Å². The Morgan fingerprint density at radius 1 is 1.36 bits per heavy atom. The summed E-state index contributed by atoms with van der Waals surface area (Å²) in [5, 5.41) is 10.6. The highest BCUT2D eigenvalue weighted by Crippen LogP contribution is 2.63. The van der Waals surface area contributed by atoms with Gasteiger partial charge in [0, 0.05) is 17.0 Å². The molecule has 4 aliphatic rings. The molecule has 1 spiro atoms. The number of rotatable bonds is 1. The largest absolute Gasteiger partial charge is 0.493 e. The molecule has 22 heavy (non-hydrogen) atoms. The van der Waals surface area contributed by atoms with E-state index in [9.17, 15) is 5.11 Å². The quantitative estimate of drug-likeness (QED) is 0.858. The molecular formula is C18H23NO3. The molecule has 1 N–H and O–H groups in total. The number of piperidine rings is 1. The van der Waals surface area contributed by atoms with Crippen molar-refractivity contribution in [2.75, 3.05) is 20.7 Å². The van der Waals surface area contributed by atoms with Crippen LogP contribution in [0.1, 0.15) is 30.4 Å². The van der Waals surface area contributed by atoms with Gasteiger partial charge in [-0.2, -0.15) is 0 Å². The van der Waals surface area contributed by atoms with Crippen molar-refractivity contribution in [1.82, 2.24) is 4.90 Å². The number of hydrogen-bond acceptors (Lipinski definition) is 4. The molecule has 1 saturated carbocycles. The predicted molar refractivity (Wildman–Crippen MR) is 82.6 cm³/mol. The van der Waals surface area contributed by atoms with Gasteiger partial charge in [-0.15, -0.1) is 0 Å². The monoisotopic (exact) mass is 301 g/mol. The van der Waals surface area contributed by atoms with E-state index in [0.717, 1.165) is 43.7 Å². The van der Waals surface area contributed by atoms with Crippen LogP contribution in [0, 0.1) is 5.92 Å². The molecule has 2 heterocycles. The molecule has 4 nitrogen and oxygen atoms in total. The molecule has 2 aliphatic carbocycles. The Bertz CT molecular complexity index is 645. The number of aliphatic hydroxyl groups excluding tert-OH is 1. The van der Waals surface area contributed by atoms with Crippen LogP contribution in [0.2, 0.25) is 0 Å². The fourth-order valence-electron chi connectivity index (χ4n) is 5.86. The van der Waals surface area contributed by atoms with Crippen molar-refractivity contribution in [3.8, 4) is 11.5 Å². The van der Waals surface area contributed by atoms with E-state index in [1.807, 2.05) is 6.07 Å². The van der Waals surface area contributed by atoms with Crippen molar-refractivity contribution in [2.45, 2.75) is 49.3 Å². The zero-order valence-electron chi connectivity index (χ0n) is 13.2. The number of likely N-dealkylation sites (N-methyl/N-ethyl adjacent to an activating group) is 1. The molecule has 0 unspecified atom stereocenters. The van der Waals surface area contributed by atoms with E-state index in [0.29, 0.717) is 12.0 Å². The van der Waals surface area contributed by atoms with Crippen molar-refractivity contribution < 1.29 is 14.6 Å². The molecule has 118 valence electrons. The van der Waals surface area contributed by atoms with E-state index >= 15 is 0 Å². The molecule has 1 aromatic carbocycles. The lowest BCUT2D eigenvalue weighted by atomic mass is 9.51. The number of methoxy groups -OCH3 is 1. The van der Waals surface area contributed by atoms with Crippen molar-refractivity contribution in [1.29, 1.82) is 0 Å². The molecule has 2 fully saturated rings. The number of ether oxygens (including phenoxy) is 2. The van der Waals surface area contributed by atoms with Crippen LogP contribution in [0.25, 0.3) is 0 Å². The van der Waals surface area contributed by atoms with Crippen molar-refractivity contribution in [2.24, 2.45) is 5.92 Å². The van der Waals surface area contributed by atoms with Gasteiger partial charge in [0.2, 0.25) is 0 Å². The molecule has 2 aliphatic heterocycles. The first-order chi connectivity index (χ1) is 10.7. The van der Waals surface area contributed by atoms with E-state index < -0.39 is 0 Å². The summed E-state index contributed by atoms with van der Waals surface area (Å²) in [6.45, 7) is 1.09. The first-order valence-corrected chi connectivity index (χ1v) is 8.42. The van der Waals surface area contributed by atoms with E-state index in [1.54, 1.807) is 7.11 Å². The Balaban J connectivity index is 1.80. The Hall–Kier alpha value is -1.26. The van der Waals surface area contributed by atoms with Crippen molar-refractivity contribution in [3.63, 3.8) is 0 Å². The third-order valence-electron chi connectivity index (χ3n) is 6.77. The molecular weight excluding hydrogens is 278 g/mol. The average Bonchev–Trinajstić information content (AvgIpc) is 2.88. The average molecular weight is 301 g/mol. The van der Waals surface area contributed by atoms with Crippen LogP contribution in [0.5, 0.6) is 11.5 Å². The van der Waals surface area contributed by atoms with Gasteiger partial charge in [-0.3, -0.25) is 0 Å². The third-order valence-corrected chi connectivity index (χ3v) is 6.77. The van der Waals surface area contributed by atoms with Crippen molar-refractivity contribution in [3.05, 3.63) is 23.3 Å². The van der Waals surface area contributed by atoms with E-state index in [4.69, 9.17) is 9.47 Å². The van der Waals surface area contributed by atoms with Gasteiger partial charge in [0.05, 0.1) is 13.2 Å². The van der Waals surface area contributed by atoms with Gasteiger partial charge in [-0.1, -0.05) is 6.07 Å². The number of benzene rings is 1. The number of likely N-dealkylation sites (tertiary alicyclic amines) is 1. The maximum absolute atomic E-state index is 10.6. The Kier molecular flexibility index (Phi) is 2.51. The van der Waals surface area contributed by atoms with Crippen LogP contribution < -0.4 is 9.47 Å². The molecule has 0 radical (unpaired) electrons. The molecule has 5 rings (SSSR count). The Morgan fingerprint density at radius 3 is 3.05 bits per heavy atom. The number of nitrogens with zero attached hydrogens (tertiary/aromatic N) is 1. The molecule has 5 atom stereocenters. The summed E-state index contributed by atoms with van der Waals surface area (Å²) in [6, 6.07) is 4.83. The van der Waals surface area contributed by atoms with Gasteiger partial charge in [0.15, 0.2) is 11.5 Å². The summed E-state index contributed by atoms with van der Waals surface area (Å²) in [4.78, 5) is 2.52. The van der Waals surface area contributed by atoms with Gasteiger partial charge in [-0.05, 0) is 56.8 Å². The fraction of sp³-hybridized carbons (Fsp3) is 0.667. The summed E-state index contributed by atoms with van der Waals surface area (Å²) in [7, 11) is 3.96. The highest BCUT2D eigenvalue weighted by atomic mass is 16.5. The lowest BCUT2D eigenvalue weighted by Gasteiger charge is -2.58. The van der Waals surface area contributed by atoms with Crippen LogP contribution in [0.15, 0.2) is 12.1 Å². The van der Waals surface area contributed by atoms with Gasteiger partial charge in [-0.25, -0.2) is 0 Å². The minimum atomic E-state index is -0.358. The van der Waals surface area contributed by atoms with Crippen LogP contribution in [0.3, 0.4) is 0 Å². The maximum atomic E-state index is 10.6. The van der Waals surface area contributed by atoms with E-state index in [2.05, 4.69) is 18.0 Å². The van der Waals surface area contributed by atoms with Crippen LogP contribution in [-0.4, -0.2) is 49.0 Å². The molecule has 0 amide bonds. The fourth-order valence-corrected chi connectivity index (χ4v) is 5.86. The second-order valence-corrected chi connectivity index (χ2v) is 7.46. The zero-order valence-corrected chi connectivity index (χ0v) is 13.2. The summed E-state index contributed by atoms with van der Waals surface area (Å²) < 4.78 is 11.9. The van der Waals surface area contributed by atoms with Crippen LogP contribution >= 0.6 is 0 Å². The number of hydrogen-bond donors (Lipinski definition) is 1. The highest BCUT2D eigenvalue weighted by molar-refractivity contribution is 5.61. The first kappa shape index (κ1) is 13.2. The van der Waals surface area contributed by atoms with Gasteiger partial charge in [0.1, 0.15) is 6.10 Å². The Morgan fingerprint density at radius 2 is 2.23 bits per heavy atom. The van der Waals surface area contributed by atoms with Gasteiger partial charge >= 0.3 is 0 Å². The van der Waals surface area contributed by atoms with Crippen LogP contribution in [-0.2, 0) is 11.8 Å². The first-order valence-electron chi connectivity index (χ1n) is 8.42. The topological polar surface area (TPSA) is 41.9 Å². The predicted octanol–water partition coefficient (Wildman–Crippen LogP) is 1.73. The maximum Gasteiger partial charge on any atom is 0.165 e. The number of aliphatic hydroxyl groups is 1. The second kappa shape index (κ2) is 4.18. The molecule has 0 aromatic heterocycles. The second-order valence-electron chi connectivity index (χ2n) is 7.46. The Labute approximate surface area is 131 Å². The molecule has 4 heteroatoms. The standard InChI is InChI=1S/C18H23NO3/c1-19-8-7-18-11-4-5-13(20)17(18)22-16-14(21-2)6-3-10(15(16)18)9-12(11)19/h3,6,11-13,17,20H,4-5,7-9H2,1-2H3/t11-,12-,13-,17+,18+/m1/s1. The molecule has 2 bridgehead atoms. The lowest BCUT2D eigenvalue weighted by molar-refractivity contribution is -0.0993.